The summed E-state index contributed by atoms with van der Waals surface area (Å²) in [5, 5.41) is 6.32. The smallest absolute Gasteiger partial charge is 0.247 e. The Morgan fingerprint density at radius 1 is 0.977 bits per heavy atom. The van der Waals surface area contributed by atoms with E-state index in [-0.39, 0.29) is 5.91 Å². The molecule has 0 atom stereocenters. The summed E-state index contributed by atoms with van der Waals surface area (Å²) in [6.45, 7) is 9.47. The molecule has 0 bridgehead atoms. The van der Waals surface area contributed by atoms with Crippen molar-refractivity contribution in [2.75, 3.05) is 67.8 Å². The number of pyridine rings is 1. The first-order chi connectivity index (χ1) is 20.8. The van der Waals surface area contributed by atoms with E-state index >= 15 is 0 Å². The largest absolute Gasteiger partial charge is 0.494 e. The van der Waals surface area contributed by atoms with E-state index in [9.17, 15) is 4.79 Å². The Morgan fingerprint density at radius 2 is 1.74 bits per heavy atom. The number of benzene rings is 2. The Bertz CT molecular complexity index is 1430. The van der Waals surface area contributed by atoms with Gasteiger partial charge in [0.25, 0.3) is 0 Å². The highest BCUT2D eigenvalue weighted by Gasteiger charge is 2.22. The van der Waals surface area contributed by atoms with Crippen LogP contribution in [-0.2, 0) is 4.79 Å². The van der Waals surface area contributed by atoms with Gasteiger partial charge in [0.1, 0.15) is 17.3 Å². The summed E-state index contributed by atoms with van der Waals surface area (Å²) in [5.74, 6) is 2.48. The Balaban J connectivity index is 1.39. The van der Waals surface area contributed by atoms with E-state index in [1.54, 1.807) is 7.11 Å². The van der Waals surface area contributed by atoms with Gasteiger partial charge >= 0.3 is 0 Å². The number of carbonyl (C=O) groups excluding carboxylic acids is 1. The normalized spacial score (nSPS) is 15.7. The van der Waals surface area contributed by atoms with Gasteiger partial charge in [-0.2, -0.15) is 0 Å². The molecule has 0 saturated carbocycles. The Hall–Kier alpha value is -4.24. The van der Waals surface area contributed by atoms with E-state index < -0.39 is 0 Å². The van der Waals surface area contributed by atoms with Gasteiger partial charge in [0.05, 0.1) is 24.7 Å². The molecule has 2 saturated heterocycles. The van der Waals surface area contributed by atoms with Crippen LogP contribution in [0.5, 0.6) is 17.2 Å². The van der Waals surface area contributed by atoms with Crippen LogP contribution in [0.1, 0.15) is 37.7 Å². The SMILES string of the molecule is C=CC(=O)Nc1cc(Oc2cc(Nc3ccc(N4CCC(N(C)C)CC4)cc3OC)ncc2N2CCCCC2)ccc1C. The Kier molecular flexibility index (Phi) is 9.72. The molecule has 2 aliphatic rings. The number of aryl methyl sites for hydroxylation is 1. The minimum atomic E-state index is -0.261. The van der Waals surface area contributed by atoms with E-state index in [0.29, 0.717) is 29.0 Å². The standard InChI is InChI=1S/C34H44N6O3/c1-6-34(41)37-29-21-27(12-10-24(29)2)43-32-22-33(35-23-30(32)40-16-8-7-9-17-40)36-28-13-11-26(20-31(28)42-5)39-18-14-25(15-19-39)38(3)4/h6,10-13,20-23,25H,1,7-9,14-19H2,2-5H3,(H,35,36)(H,37,41). The summed E-state index contributed by atoms with van der Waals surface area (Å²) in [6.07, 6.45) is 8.94. The van der Waals surface area contributed by atoms with Crippen molar-refractivity contribution in [3.05, 3.63) is 66.9 Å². The van der Waals surface area contributed by atoms with Crippen molar-refractivity contribution in [2.24, 2.45) is 0 Å². The number of amides is 1. The lowest BCUT2D eigenvalue weighted by atomic mass is 10.0. The number of carbonyl (C=O) groups is 1. The molecule has 2 aliphatic heterocycles. The molecule has 43 heavy (non-hydrogen) atoms. The number of nitrogens with one attached hydrogen (secondary N) is 2. The number of aromatic nitrogens is 1. The van der Waals surface area contributed by atoms with E-state index in [0.717, 1.165) is 80.2 Å². The van der Waals surface area contributed by atoms with E-state index in [1.807, 2.05) is 37.4 Å². The number of hydrogen-bond donors (Lipinski definition) is 2. The van der Waals surface area contributed by atoms with Gasteiger partial charge < -0.3 is 34.8 Å². The van der Waals surface area contributed by atoms with Gasteiger partial charge in [-0.15, -0.1) is 0 Å². The lowest BCUT2D eigenvalue weighted by molar-refractivity contribution is -0.111. The lowest BCUT2D eigenvalue weighted by Crippen LogP contribution is -2.41. The molecule has 1 amide bonds. The maximum atomic E-state index is 12.0. The summed E-state index contributed by atoms with van der Waals surface area (Å²) in [6, 6.07) is 14.6. The number of anilines is 5. The number of piperidine rings is 2. The van der Waals surface area contributed by atoms with Crippen LogP contribution >= 0.6 is 0 Å². The highest BCUT2D eigenvalue weighted by atomic mass is 16.5. The lowest BCUT2D eigenvalue weighted by Gasteiger charge is -2.36. The average molecular weight is 585 g/mol. The fraction of sp³-hybridized carbons (Fsp3) is 0.412. The van der Waals surface area contributed by atoms with Crippen LogP contribution in [0.2, 0.25) is 0 Å². The molecule has 3 heterocycles. The third kappa shape index (κ3) is 7.40. The molecular weight excluding hydrogens is 540 g/mol. The summed E-state index contributed by atoms with van der Waals surface area (Å²) in [4.78, 5) is 23.8. The van der Waals surface area contributed by atoms with Crippen LogP contribution in [0.4, 0.5) is 28.6 Å². The first kappa shape index (κ1) is 30.2. The van der Waals surface area contributed by atoms with Crippen molar-refractivity contribution >= 4 is 34.5 Å². The molecule has 2 aromatic carbocycles. The number of rotatable bonds is 10. The molecule has 2 N–H and O–H groups in total. The maximum Gasteiger partial charge on any atom is 0.247 e. The fourth-order valence-corrected chi connectivity index (χ4v) is 5.82. The Morgan fingerprint density at radius 3 is 2.44 bits per heavy atom. The number of nitrogens with zero attached hydrogens (tertiary/aromatic N) is 4. The molecule has 0 spiro atoms. The number of methoxy groups -OCH3 is 1. The van der Waals surface area contributed by atoms with Crippen molar-refractivity contribution < 1.29 is 14.3 Å². The molecule has 0 aliphatic carbocycles. The quantitative estimate of drug-likeness (QED) is 0.259. The van der Waals surface area contributed by atoms with E-state index in [4.69, 9.17) is 14.5 Å². The zero-order valence-electron chi connectivity index (χ0n) is 25.9. The second-order valence-corrected chi connectivity index (χ2v) is 11.5. The van der Waals surface area contributed by atoms with Crippen LogP contribution in [0.25, 0.3) is 0 Å². The van der Waals surface area contributed by atoms with Crippen LogP contribution in [0, 0.1) is 6.92 Å². The molecule has 228 valence electrons. The summed E-state index contributed by atoms with van der Waals surface area (Å²) < 4.78 is 12.3. The van der Waals surface area contributed by atoms with Crippen molar-refractivity contribution in [2.45, 2.75) is 45.1 Å². The van der Waals surface area contributed by atoms with Crippen molar-refractivity contribution in [1.82, 2.24) is 9.88 Å². The highest BCUT2D eigenvalue weighted by molar-refractivity contribution is 5.99. The van der Waals surface area contributed by atoms with Gasteiger partial charge in [-0.1, -0.05) is 12.6 Å². The molecule has 9 heteroatoms. The van der Waals surface area contributed by atoms with Gasteiger partial charge in [-0.25, -0.2) is 4.98 Å². The van der Waals surface area contributed by atoms with E-state index in [2.05, 4.69) is 64.2 Å². The molecule has 2 fully saturated rings. The molecule has 0 unspecified atom stereocenters. The van der Waals surface area contributed by atoms with Gasteiger partial charge in [0.2, 0.25) is 5.91 Å². The zero-order chi connectivity index (χ0) is 30.3. The minimum Gasteiger partial charge on any atom is -0.494 e. The summed E-state index contributed by atoms with van der Waals surface area (Å²) >= 11 is 0. The topological polar surface area (TPSA) is 82.2 Å². The summed E-state index contributed by atoms with van der Waals surface area (Å²) in [5.41, 5.74) is 4.57. The third-order valence-electron chi connectivity index (χ3n) is 8.43. The van der Waals surface area contributed by atoms with Gasteiger partial charge in [0.15, 0.2) is 5.75 Å². The van der Waals surface area contributed by atoms with Gasteiger partial charge in [0, 0.05) is 61.8 Å². The third-order valence-corrected chi connectivity index (χ3v) is 8.43. The predicted octanol–water partition coefficient (Wildman–Crippen LogP) is 6.58. The maximum absolute atomic E-state index is 12.0. The number of ether oxygens (including phenoxy) is 2. The van der Waals surface area contributed by atoms with E-state index in [1.165, 1.54) is 12.5 Å². The summed E-state index contributed by atoms with van der Waals surface area (Å²) in [7, 11) is 6.02. The highest BCUT2D eigenvalue weighted by Crippen LogP contribution is 2.38. The Labute approximate surface area is 255 Å². The second-order valence-electron chi connectivity index (χ2n) is 11.5. The monoisotopic (exact) mass is 584 g/mol. The fourth-order valence-electron chi connectivity index (χ4n) is 5.82. The molecular formula is C34H44N6O3. The zero-order valence-corrected chi connectivity index (χ0v) is 25.9. The van der Waals surface area contributed by atoms with Crippen LogP contribution in [0.3, 0.4) is 0 Å². The van der Waals surface area contributed by atoms with Crippen molar-refractivity contribution in [1.29, 1.82) is 0 Å². The van der Waals surface area contributed by atoms with Crippen LogP contribution < -0.4 is 29.9 Å². The van der Waals surface area contributed by atoms with Crippen LogP contribution in [-0.4, -0.2) is 69.2 Å². The van der Waals surface area contributed by atoms with Crippen molar-refractivity contribution in [3.63, 3.8) is 0 Å². The molecule has 3 aromatic rings. The predicted molar refractivity (Wildman–Crippen MR) is 176 cm³/mol. The molecule has 1 aromatic heterocycles. The molecule has 9 nitrogen and oxygen atoms in total. The minimum absolute atomic E-state index is 0.261. The first-order valence-corrected chi connectivity index (χ1v) is 15.2. The second kappa shape index (κ2) is 13.8. The first-order valence-electron chi connectivity index (χ1n) is 15.2. The average Bonchev–Trinajstić information content (AvgIpc) is 3.03. The van der Waals surface area contributed by atoms with Gasteiger partial charge in [-0.05, 0) is 83.0 Å². The van der Waals surface area contributed by atoms with Gasteiger partial charge in [-0.3, -0.25) is 4.79 Å². The molecule has 0 radical (unpaired) electrons. The number of hydrogen-bond acceptors (Lipinski definition) is 8. The van der Waals surface area contributed by atoms with Crippen LogP contribution in [0.15, 0.2) is 61.3 Å². The molecule has 5 rings (SSSR count). The van der Waals surface area contributed by atoms with Crippen molar-refractivity contribution in [3.8, 4) is 17.2 Å².